The van der Waals surface area contributed by atoms with Crippen LogP contribution in [-0.4, -0.2) is 42.3 Å². The van der Waals surface area contributed by atoms with Crippen LogP contribution in [0.25, 0.3) is 6.08 Å². The molecule has 2 fully saturated rings. The number of likely N-dealkylation sites (N-methyl/N-ethyl adjacent to an activating group) is 1. The lowest BCUT2D eigenvalue weighted by Gasteiger charge is -2.30. The molecule has 3 amide bonds. The predicted octanol–water partition coefficient (Wildman–Crippen LogP) is 4.93. The Kier molecular flexibility index (Phi) is 8.48. The van der Waals surface area contributed by atoms with Gasteiger partial charge in [-0.05, 0) is 62.3 Å². The Balaban J connectivity index is 1.72. The van der Waals surface area contributed by atoms with Gasteiger partial charge in [0.05, 0.1) is 0 Å². The zero-order valence-corrected chi connectivity index (χ0v) is 20.4. The van der Waals surface area contributed by atoms with E-state index >= 15 is 0 Å². The number of hydrogen-bond acceptors (Lipinski definition) is 4. The van der Waals surface area contributed by atoms with E-state index in [0.29, 0.717) is 12.0 Å². The summed E-state index contributed by atoms with van der Waals surface area (Å²) in [5.74, 6) is -0.151. The molecule has 0 spiro atoms. The maximum atomic E-state index is 13.3. The first-order valence-electron chi connectivity index (χ1n) is 12.2. The Bertz CT molecular complexity index is 953. The maximum absolute atomic E-state index is 13.3. The third-order valence-corrected chi connectivity index (χ3v) is 6.70. The minimum absolute atomic E-state index is 0.204. The molecule has 3 rings (SSSR count). The van der Waals surface area contributed by atoms with Crippen molar-refractivity contribution in [2.45, 2.75) is 71.8 Å². The molecule has 33 heavy (non-hydrogen) atoms. The van der Waals surface area contributed by atoms with Gasteiger partial charge in [0.15, 0.2) is 0 Å². The van der Waals surface area contributed by atoms with Crippen molar-refractivity contribution in [1.29, 1.82) is 0 Å². The quantitative estimate of drug-likeness (QED) is 0.391. The summed E-state index contributed by atoms with van der Waals surface area (Å²) in [5, 5.41) is 5.82. The fourth-order valence-electron chi connectivity index (χ4n) is 4.11. The first-order chi connectivity index (χ1) is 15.8. The van der Waals surface area contributed by atoms with Crippen molar-refractivity contribution in [2.75, 3.05) is 18.9 Å². The maximum Gasteiger partial charge on any atom is 0.254 e. The van der Waals surface area contributed by atoms with Crippen molar-refractivity contribution in [1.82, 2.24) is 10.2 Å². The molecule has 1 atom stereocenters. The Morgan fingerprint density at radius 2 is 1.94 bits per heavy atom. The van der Waals surface area contributed by atoms with E-state index in [4.69, 9.17) is 0 Å². The number of hydrogen-bond donors (Lipinski definition) is 2. The minimum atomic E-state index is -0.628. The second-order valence-corrected chi connectivity index (χ2v) is 9.31. The Morgan fingerprint density at radius 3 is 2.58 bits per heavy atom. The zero-order valence-electron chi connectivity index (χ0n) is 20.4. The summed E-state index contributed by atoms with van der Waals surface area (Å²) < 4.78 is 0. The fourth-order valence-corrected chi connectivity index (χ4v) is 4.11. The van der Waals surface area contributed by atoms with Crippen LogP contribution in [0.15, 0.2) is 35.4 Å². The van der Waals surface area contributed by atoms with Gasteiger partial charge in [0.25, 0.3) is 5.91 Å². The highest BCUT2D eigenvalue weighted by atomic mass is 16.2. The van der Waals surface area contributed by atoms with Crippen LogP contribution >= 0.6 is 0 Å². The molecular weight excluding hydrogens is 414 g/mol. The van der Waals surface area contributed by atoms with Gasteiger partial charge < -0.3 is 10.2 Å². The van der Waals surface area contributed by atoms with Crippen molar-refractivity contribution < 1.29 is 14.4 Å². The van der Waals surface area contributed by atoms with Crippen LogP contribution in [0.2, 0.25) is 0 Å². The molecule has 2 N–H and O–H groups in total. The average Bonchev–Trinajstić information content (AvgIpc) is 3.61. The zero-order chi connectivity index (χ0) is 24.0. The first-order valence-corrected chi connectivity index (χ1v) is 12.2. The number of amides is 3. The molecule has 6 nitrogen and oxygen atoms in total. The summed E-state index contributed by atoms with van der Waals surface area (Å²) in [6.45, 7) is 7.40. The highest BCUT2D eigenvalue weighted by Crippen LogP contribution is 2.32. The van der Waals surface area contributed by atoms with E-state index in [1.807, 2.05) is 18.2 Å². The summed E-state index contributed by atoms with van der Waals surface area (Å²) in [4.78, 5) is 38.4. The van der Waals surface area contributed by atoms with E-state index in [0.717, 1.165) is 43.0 Å². The molecule has 1 aromatic rings. The summed E-state index contributed by atoms with van der Waals surface area (Å²) in [5.41, 5.74) is 5.05. The highest BCUT2D eigenvalue weighted by molar-refractivity contribution is 6.05. The highest BCUT2D eigenvalue weighted by Gasteiger charge is 2.33. The van der Waals surface area contributed by atoms with Gasteiger partial charge in [-0.1, -0.05) is 50.0 Å². The summed E-state index contributed by atoms with van der Waals surface area (Å²) in [6.07, 6.45) is 10.7. The molecule has 6 heteroatoms. The SMILES string of the molecule is CCC(CC)C/C=C(\C)CNc1ccc(C(=O)N(C)C2CCC(=O)NC2=O)c(C=C2CC2)c1. The minimum Gasteiger partial charge on any atom is -0.381 e. The normalized spacial score (nSPS) is 18.3. The third kappa shape index (κ3) is 6.80. The van der Waals surface area contributed by atoms with Gasteiger partial charge in [0, 0.05) is 31.3 Å². The molecular formula is C27H37N3O3. The molecule has 2 aliphatic rings. The molecule has 1 aliphatic heterocycles. The smallest absolute Gasteiger partial charge is 0.254 e. The Labute approximate surface area is 197 Å². The van der Waals surface area contributed by atoms with Gasteiger partial charge in [-0.2, -0.15) is 0 Å². The topological polar surface area (TPSA) is 78.5 Å². The van der Waals surface area contributed by atoms with Crippen molar-refractivity contribution >= 4 is 29.5 Å². The van der Waals surface area contributed by atoms with Crippen LogP contribution in [0.5, 0.6) is 0 Å². The second-order valence-electron chi connectivity index (χ2n) is 9.31. The molecule has 1 aliphatic carbocycles. The summed E-state index contributed by atoms with van der Waals surface area (Å²) in [7, 11) is 1.64. The van der Waals surface area contributed by atoms with Crippen molar-refractivity contribution in [3.63, 3.8) is 0 Å². The standard InChI is InChI=1S/C27H37N3O3/c1-5-19(6-2)8-7-18(3)17-28-22-11-12-23(21(16-22)15-20-9-10-20)27(33)30(4)24-13-14-25(31)29-26(24)32/h7,11-12,15-16,19,24,28H,5-6,8-10,13-14,17H2,1-4H3,(H,29,31,32)/b18-7+. The number of nitrogens with one attached hydrogen (secondary N) is 2. The van der Waals surface area contributed by atoms with Gasteiger partial charge in [-0.25, -0.2) is 0 Å². The number of carbonyl (C=O) groups is 3. The Morgan fingerprint density at radius 1 is 1.21 bits per heavy atom. The summed E-state index contributed by atoms with van der Waals surface area (Å²) >= 11 is 0. The number of nitrogens with zero attached hydrogens (tertiary/aromatic N) is 1. The first kappa shape index (κ1) is 24.7. The van der Waals surface area contributed by atoms with Gasteiger partial charge in [0.2, 0.25) is 11.8 Å². The van der Waals surface area contributed by atoms with Crippen LogP contribution in [0.1, 0.15) is 81.6 Å². The molecule has 178 valence electrons. The van der Waals surface area contributed by atoms with Gasteiger partial charge in [-0.15, -0.1) is 0 Å². The van der Waals surface area contributed by atoms with E-state index in [-0.39, 0.29) is 18.2 Å². The predicted molar refractivity (Wildman–Crippen MR) is 133 cm³/mol. The third-order valence-electron chi connectivity index (χ3n) is 6.70. The van der Waals surface area contributed by atoms with Crippen LogP contribution in [0, 0.1) is 5.92 Å². The van der Waals surface area contributed by atoms with Gasteiger partial charge >= 0.3 is 0 Å². The Hall–Kier alpha value is -2.89. The monoisotopic (exact) mass is 451 g/mol. The lowest BCUT2D eigenvalue weighted by molar-refractivity contribution is -0.136. The lowest BCUT2D eigenvalue weighted by Crippen LogP contribution is -2.52. The average molecular weight is 452 g/mol. The van der Waals surface area contributed by atoms with E-state index in [1.54, 1.807) is 7.05 Å². The van der Waals surface area contributed by atoms with Crippen LogP contribution in [0.3, 0.4) is 0 Å². The molecule has 0 radical (unpaired) electrons. The van der Waals surface area contributed by atoms with E-state index in [9.17, 15) is 14.4 Å². The van der Waals surface area contributed by atoms with Crippen LogP contribution in [-0.2, 0) is 9.59 Å². The number of carbonyl (C=O) groups excluding carboxylic acids is 3. The second kappa shape index (κ2) is 11.3. The van der Waals surface area contributed by atoms with Crippen LogP contribution < -0.4 is 10.6 Å². The molecule has 1 unspecified atom stereocenters. The number of imide groups is 1. The van der Waals surface area contributed by atoms with Gasteiger partial charge in [-0.3, -0.25) is 19.7 Å². The molecule has 0 bridgehead atoms. The molecule has 1 heterocycles. The summed E-state index contributed by atoms with van der Waals surface area (Å²) in [6, 6.07) is 5.15. The number of piperidine rings is 1. The largest absolute Gasteiger partial charge is 0.381 e. The number of rotatable bonds is 10. The fraction of sp³-hybridized carbons (Fsp3) is 0.519. The van der Waals surface area contributed by atoms with Crippen molar-refractivity contribution in [3.05, 3.63) is 46.5 Å². The molecule has 1 aromatic carbocycles. The van der Waals surface area contributed by atoms with E-state index < -0.39 is 11.9 Å². The number of benzene rings is 1. The molecule has 0 aromatic heterocycles. The molecule has 1 saturated carbocycles. The van der Waals surface area contributed by atoms with E-state index in [2.05, 4.69) is 43.6 Å². The lowest BCUT2D eigenvalue weighted by atomic mass is 9.98. The number of anilines is 1. The van der Waals surface area contributed by atoms with Crippen molar-refractivity contribution in [3.8, 4) is 0 Å². The van der Waals surface area contributed by atoms with Gasteiger partial charge in [0.1, 0.15) is 6.04 Å². The van der Waals surface area contributed by atoms with Crippen molar-refractivity contribution in [2.24, 2.45) is 5.92 Å². The van der Waals surface area contributed by atoms with E-state index in [1.165, 1.54) is 28.9 Å². The number of allylic oxidation sites excluding steroid dienone is 2. The molecule has 1 saturated heterocycles. The van der Waals surface area contributed by atoms with Crippen LogP contribution in [0.4, 0.5) is 5.69 Å².